The highest BCUT2D eigenvalue weighted by atomic mass is 19.1. The molecular weight excluding hydrogens is 601 g/mol. The monoisotopic (exact) mass is 643 g/mol. The summed E-state index contributed by atoms with van der Waals surface area (Å²) in [4.78, 5) is 33.3. The van der Waals surface area contributed by atoms with E-state index in [1.54, 1.807) is 54.7 Å². The van der Waals surface area contributed by atoms with Crippen molar-refractivity contribution < 1.29 is 18.7 Å². The lowest BCUT2D eigenvalue weighted by Crippen LogP contribution is -2.48. The molecule has 248 valence electrons. The Labute approximate surface area is 273 Å². The lowest BCUT2D eigenvalue weighted by atomic mass is 9.81. The molecule has 0 radical (unpaired) electrons. The van der Waals surface area contributed by atoms with E-state index in [0.29, 0.717) is 53.2 Å². The van der Waals surface area contributed by atoms with E-state index in [4.69, 9.17) is 10.5 Å². The molecule has 0 aliphatic heterocycles. The molecule has 4 aromatic rings. The van der Waals surface area contributed by atoms with Gasteiger partial charge in [0, 0.05) is 53.5 Å². The molecule has 1 saturated carbocycles. The molecule has 47 heavy (non-hydrogen) atoms. The van der Waals surface area contributed by atoms with Gasteiger partial charge in [0.05, 0.1) is 6.61 Å². The molecule has 2 aromatic carbocycles. The van der Waals surface area contributed by atoms with Gasteiger partial charge in [-0.15, -0.1) is 10.2 Å². The average molecular weight is 644 g/mol. The molecule has 1 atom stereocenters. The fourth-order valence-corrected chi connectivity index (χ4v) is 5.71. The van der Waals surface area contributed by atoms with Crippen LogP contribution in [-0.4, -0.2) is 82.2 Å². The number of nitrogens with zero attached hydrogens (tertiary/aromatic N) is 5. The Morgan fingerprint density at radius 3 is 2.47 bits per heavy atom. The third kappa shape index (κ3) is 9.39. The zero-order chi connectivity index (χ0) is 33.2. The van der Waals surface area contributed by atoms with E-state index in [1.807, 2.05) is 14.1 Å². The van der Waals surface area contributed by atoms with Crippen LogP contribution >= 0.6 is 0 Å². The molecule has 0 saturated heterocycles. The highest BCUT2D eigenvalue weighted by Crippen LogP contribution is 2.29. The molecule has 2 aromatic heterocycles. The van der Waals surface area contributed by atoms with E-state index in [0.717, 1.165) is 44.2 Å². The second kappa shape index (κ2) is 16.2. The molecular formula is C34H42FN9O3. The number of aromatic amines is 1. The fourth-order valence-electron chi connectivity index (χ4n) is 5.71. The molecule has 5 rings (SSSR count). The number of carbonyl (C=O) groups excluding carboxylic acids is 2. The van der Waals surface area contributed by atoms with Crippen LogP contribution in [-0.2, 0) is 16.0 Å². The van der Waals surface area contributed by atoms with Crippen LogP contribution in [0.1, 0.15) is 37.7 Å². The zero-order valence-electron chi connectivity index (χ0n) is 26.8. The molecule has 1 aliphatic rings. The zero-order valence-corrected chi connectivity index (χ0v) is 26.8. The number of rotatable bonds is 14. The number of halogens is 1. The molecule has 0 unspecified atom stereocenters. The van der Waals surface area contributed by atoms with Gasteiger partial charge >= 0.3 is 0 Å². The van der Waals surface area contributed by atoms with Gasteiger partial charge in [-0.2, -0.15) is 5.21 Å². The van der Waals surface area contributed by atoms with Crippen LogP contribution in [0.5, 0.6) is 5.88 Å². The number of amides is 2. The first kappa shape index (κ1) is 33.6. The third-order valence-corrected chi connectivity index (χ3v) is 8.46. The fraction of sp³-hybridized carbons (Fsp3) is 0.412. The largest absolute Gasteiger partial charge is 0.478 e. The number of anilines is 1. The predicted molar refractivity (Wildman–Crippen MR) is 177 cm³/mol. The highest BCUT2D eigenvalue weighted by molar-refractivity contribution is 5.97. The molecule has 12 nitrogen and oxygen atoms in total. The van der Waals surface area contributed by atoms with Crippen LogP contribution in [0.2, 0.25) is 0 Å². The Balaban J connectivity index is 1.27. The van der Waals surface area contributed by atoms with Crippen molar-refractivity contribution in [3.63, 3.8) is 0 Å². The first-order valence-electron chi connectivity index (χ1n) is 16.0. The minimum atomic E-state index is -0.928. The van der Waals surface area contributed by atoms with Gasteiger partial charge in [-0.05, 0) is 106 Å². The first-order chi connectivity index (χ1) is 22.8. The molecule has 2 heterocycles. The topological polar surface area (TPSA) is 164 Å². The minimum Gasteiger partial charge on any atom is -0.478 e. The molecule has 1 fully saturated rings. The maximum Gasteiger partial charge on any atom is 0.247 e. The number of aromatic nitrogens is 5. The number of benzene rings is 2. The number of tetrazole rings is 1. The Bertz CT molecular complexity index is 1590. The predicted octanol–water partition coefficient (Wildman–Crippen LogP) is 3.83. The van der Waals surface area contributed by atoms with Crippen molar-refractivity contribution in [2.75, 3.05) is 39.1 Å². The SMILES string of the molecule is CN(C)CCCOc1ccc(-c2ccc(C[C@H](NC(=O)C3CCC(CN)CC3)C(=O)Nc3ccc(-c4nn[nH]n4)cc3)cc2F)cn1. The normalized spacial score (nSPS) is 16.9. The van der Waals surface area contributed by atoms with Crippen LogP contribution in [0.25, 0.3) is 22.5 Å². The van der Waals surface area contributed by atoms with Crippen molar-refractivity contribution in [1.29, 1.82) is 0 Å². The lowest BCUT2D eigenvalue weighted by Gasteiger charge is -2.28. The van der Waals surface area contributed by atoms with Gasteiger partial charge in [-0.25, -0.2) is 9.37 Å². The summed E-state index contributed by atoms with van der Waals surface area (Å²) in [5, 5.41) is 19.8. The van der Waals surface area contributed by atoms with Gasteiger partial charge in [0.2, 0.25) is 23.5 Å². The van der Waals surface area contributed by atoms with Crippen molar-refractivity contribution in [2.45, 2.75) is 44.6 Å². The van der Waals surface area contributed by atoms with Gasteiger partial charge < -0.3 is 26.0 Å². The van der Waals surface area contributed by atoms with Crippen molar-refractivity contribution in [2.24, 2.45) is 17.6 Å². The highest BCUT2D eigenvalue weighted by Gasteiger charge is 2.29. The van der Waals surface area contributed by atoms with Gasteiger partial charge in [-0.1, -0.05) is 12.1 Å². The number of nitrogens with two attached hydrogens (primary N) is 1. The van der Waals surface area contributed by atoms with Gasteiger partial charge in [0.25, 0.3) is 0 Å². The van der Waals surface area contributed by atoms with E-state index in [2.05, 4.69) is 41.1 Å². The van der Waals surface area contributed by atoms with Gasteiger partial charge in [-0.3, -0.25) is 9.59 Å². The van der Waals surface area contributed by atoms with Crippen LogP contribution < -0.4 is 21.1 Å². The Kier molecular flexibility index (Phi) is 11.6. The van der Waals surface area contributed by atoms with Crippen molar-refractivity contribution >= 4 is 17.5 Å². The lowest BCUT2D eigenvalue weighted by molar-refractivity contribution is -0.130. The second-order valence-electron chi connectivity index (χ2n) is 12.2. The van der Waals surface area contributed by atoms with Crippen LogP contribution in [0, 0.1) is 17.7 Å². The molecule has 5 N–H and O–H groups in total. The summed E-state index contributed by atoms with van der Waals surface area (Å²) in [5.74, 6) is 0.0904. The van der Waals surface area contributed by atoms with E-state index in [9.17, 15) is 9.59 Å². The Hall–Kier alpha value is -4.75. The number of ether oxygens (including phenoxy) is 1. The molecule has 2 amide bonds. The standard InChI is InChI=1S/C34H42FN9O3/c1-44(2)16-3-17-47-31-15-11-26(21-37-31)28-14-6-23(18-29(28)35)19-30(39-33(45)25-7-4-22(20-36)5-8-25)34(46)38-27-12-9-24(10-13-27)32-40-42-43-41-32/h6,9-15,18,21-22,25,30H,3-5,7-8,16-17,19-20,36H2,1-2H3,(H,38,46)(H,39,45)(H,40,41,42,43)/t22?,25?,30-/m0/s1. The number of hydrogen-bond acceptors (Lipinski definition) is 9. The van der Waals surface area contributed by atoms with Gasteiger partial charge in [0.1, 0.15) is 11.9 Å². The number of hydrogen-bond donors (Lipinski definition) is 4. The summed E-state index contributed by atoms with van der Waals surface area (Å²) in [7, 11) is 4.01. The van der Waals surface area contributed by atoms with Crippen LogP contribution in [0.4, 0.5) is 10.1 Å². The van der Waals surface area contributed by atoms with E-state index in [-0.39, 0.29) is 18.2 Å². The summed E-state index contributed by atoms with van der Waals surface area (Å²) in [6.07, 6.45) is 5.75. The molecule has 0 spiro atoms. The van der Waals surface area contributed by atoms with Crippen molar-refractivity contribution in [1.82, 2.24) is 35.8 Å². The summed E-state index contributed by atoms with van der Waals surface area (Å²) in [5.41, 5.74) is 8.64. The third-order valence-electron chi connectivity index (χ3n) is 8.46. The van der Waals surface area contributed by atoms with Gasteiger partial charge in [0.15, 0.2) is 0 Å². The molecule has 1 aliphatic carbocycles. The van der Waals surface area contributed by atoms with E-state index >= 15 is 4.39 Å². The van der Waals surface area contributed by atoms with Crippen molar-refractivity contribution in [3.05, 3.63) is 72.2 Å². The quantitative estimate of drug-likeness (QED) is 0.150. The molecule has 13 heteroatoms. The Morgan fingerprint density at radius 2 is 1.83 bits per heavy atom. The summed E-state index contributed by atoms with van der Waals surface area (Å²) < 4.78 is 21.2. The maximum atomic E-state index is 15.5. The summed E-state index contributed by atoms with van der Waals surface area (Å²) in [6, 6.07) is 14.4. The maximum absolute atomic E-state index is 15.5. The molecule has 0 bridgehead atoms. The van der Waals surface area contributed by atoms with E-state index in [1.165, 1.54) is 6.07 Å². The smallest absolute Gasteiger partial charge is 0.247 e. The number of H-pyrrole nitrogens is 1. The summed E-state index contributed by atoms with van der Waals surface area (Å²) >= 11 is 0. The Morgan fingerprint density at radius 1 is 1.06 bits per heavy atom. The second-order valence-corrected chi connectivity index (χ2v) is 12.2. The number of pyridine rings is 1. The number of carbonyl (C=O) groups is 2. The number of nitrogens with one attached hydrogen (secondary N) is 3. The first-order valence-corrected chi connectivity index (χ1v) is 16.0. The van der Waals surface area contributed by atoms with Crippen LogP contribution in [0.3, 0.4) is 0 Å². The summed E-state index contributed by atoms with van der Waals surface area (Å²) in [6.45, 7) is 2.06. The van der Waals surface area contributed by atoms with E-state index < -0.39 is 17.8 Å². The van der Waals surface area contributed by atoms with Crippen molar-refractivity contribution in [3.8, 4) is 28.4 Å². The van der Waals surface area contributed by atoms with Crippen LogP contribution in [0.15, 0.2) is 60.8 Å². The minimum absolute atomic E-state index is 0.103. The average Bonchev–Trinajstić information content (AvgIpc) is 3.62.